The molecule has 1 atom stereocenters. The number of hydrogen-bond donors (Lipinski definition) is 0. The van der Waals surface area contributed by atoms with Gasteiger partial charge >= 0.3 is 0 Å². The number of para-hydroxylation sites is 3. The van der Waals surface area contributed by atoms with Gasteiger partial charge in [-0.1, -0.05) is 214 Å². The Morgan fingerprint density at radius 1 is 0.412 bits per heavy atom. The molecular formula is C66H47NS. The van der Waals surface area contributed by atoms with E-state index in [-0.39, 0.29) is 11.3 Å². The van der Waals surface area contributed by atoms with Crippen LogP contribution in [0, 0.1) is 0 Å². The van der Waals surface area contributed by atoms with Gasteiger partial charge in [0, 0.05) is 37.2 Å². The van der Waals surface area contributed by atoms with Crippen LogP contribution in [-0.2, 0) is 17.3 Å². The number of rotatable bonds is 6. The molecule has 0 fully saturated rings. The maximum Gasteiger partial charge on any atom is 0.0754 e. The Bertz CT molecular complexity index is 3770. The lowest BCUT2D eigenvalue weighted by molar-refractivity contribution is 0.657. The van der Waals surface area contributed by atoms with Crippen molar-refractivity contribution in [2.75, 3.05) is 4.90 Å². The van der Waals surface area contributed by atoms with Gasteiger partial charge in [-0.25, -0.2) is 0 Å². The summed E-state index contributed by atoms with van der Waals surface area (Å²) in [6.07, 6.45) is 0.868. The minimum Gasteiger partial charge on any atom is -0.310 e. The van der Waals surface area contributed by atoms with Gasteiger partial charge in [-0.15, -0.1) is 11.3 Å². The van der Waals surface area contributed by atoms with Crippen molar-refractivity contribution in [1.29, 1.82) is 0 Å². The van der Waals surface area contributed by atoms with Crippen molar-refractivity contribution < 1.29 is 0 Å². The highest BCUT2D eigenvalue weighted by atomic mass is 32.1. The zero-order chi connectivity index (χ0) is 45.1. The van der Waals surface area contributed by atoms with Crippen molar-refractivity contribution >= 4 is 48.6 Å². The first kappa shape index (κ1) is 39.4. The first-order valence-corrected chi connectivity index (χ1v) is 24.8. The Morgan fingerprint density at radius 2 is 0.941 bits per heavy atom. The van der Waals surface area contributed by atoms with Gasteiger partial charge in [0.15, 0.2) is 0 Å². The SMILES string of the molecule is CC1(C)c2ccccc2-c2ccc(C(Cc3ccc(-c4cccc5c4sc4ccccc45)cc3)c3ccc4c(c3)C3(c5ccccc5-4)c4ccccc4N(c4ccccc4)c4ccccc43)cc21. The number of fused-ring (bicyclic) bond motifs is 15. The monoisotopic (exact) mass is 885 g/mol. The van der Waals surface area contributed by atoms with Gasteiger partial charge < -0.3 is 4.90 Å². The lowest BCUT2D eigenvalue weighted by atomic mass is 9.64. The molecule has 10 aromatic carbocycles. The summed E-state index contributed by atoms with van der Waals surface area (Å²) < 4.78 is 2.69. The molecule has 0 N–H and O–H groups in total. The molecule has 322 valence electrons. The molecule has 1 unspecified atom stereocenters. The Morgan fingerprint density at radius 3 is 1.66 bits per heavy atom. The van der Waals surface area contributed by atoms with Crippen LogP contribution in [0.1, 0.15) is 69.8 Å². The van der Waals surface area contributed by atoms with Crippen molar-refractivity contribution in [3.05, 3.63) is 281 Å². The molecule has 0 radical (unpaired) electrons. The van der Waals surface area contributed by atoms with Crippen LogP contribution in [0.5, 0.6) is 0 Å². The van der Waals surface area contributed by atoms with E-state index in [4.69, 9.17) is 0 Å². The van der Waals surface area contributed by atoms with E-state index in [1.165, 1.54) is 115 Å². The molecule has 1 spiro atoms. The number of thiophene rings is 1. The summed E-state index contributed by atoms with van der Waals surface area (Å²) in [7, 11) is 0. The predicted octanol–water partition coefficient (Wildman–Crippen LogP) is 17.5. The van der Waals surface area contributed by atoms with Gasteiger partial charge in [-0.3, -0.25) is 0 Å². The largest absolute Gasteiger partial charge is 0.310 e. The predicted molar refractivity (Wildman–Crippen MR) is 286 cm³/mol. The maximum atomic E-state index is 2.61. The molecule has 11 aromatic rings. The van der Waals surface area contributed by atoms with Crippen LogP contribution in [0.2, 0.25) is 0 Å². The molecule has 14 rings (SSSR count). The summed E-state index contributed by atoms with van der Waals surface area (Å²) in [4.78, 5) is 2.47. The van der Waals surface area contributed by atoms with Crippen LogP contribution >= 0.6 is 11.3 Å². The highest BCUT2D eigenvalue weighted by molar-refractivity contribution is 7.26. The molecule has 1 nitrogen and oxygen atoms in total. The Hall–Kier alpha value is -7.78. The summed E-state index contributed by atoms with van der Waals surface area (Å²) >= 11 is 1.90. The van der Waals surface area contributed by atoms with Crippen LogP contribution in [0.3, 0.4) is 0 Å². The van der Waals surface area contributed by atoms with Crippen molar-refractivity contribution in [2.45, 2.75) is 37.0 Å². The molecule has 2 aliphatic carbocycles. The molecular weight excluding hydrogens is 839 g/mol. The Kier molecular flexibility index (Phi) is 8.61. The summed E-state index contributed by atoms with van der Waals surface area (Å²) in [6, 6.07) is 87.3. The number of nitrogens with zero attached hydrogens (tertiary/aromatic N) is 1. The van der Waals surface area contributed by atoms with Gasteiger partial charge in [-0.2, -0.15) is 0 Å². The van der Waals surface area contributed by atoms with Crippen molar-refractivity contribution in [2.24, 2.45) is 0 Å². The number of anilines is 3. The third kappa shape index (κ3) is 5.56. The molecule has 2 heteroatoms. The molecule has 0 bridgehead atoms. The van der Waals surface area contributed by atoms with Crippen LogP contribution in [0.15, 0.2) is 231 Å². The van der Waals surface area contributed by atoms with E-state index in [1.54, 1.807) is 0 Å². The fourth-order valence-corrected chi connectivity index (χ4v) is 13.8. The third-order valence-electron chi connectivity index (χ3n) is 15.7. The van der Waals surface area contributed by atoms with Crippen molar-refractivity contribution in [3.63, 3.8) is 0 Å². The first-order valence-electron chi connectivity index (χ1n) is 24.0. The molecule has 0 saturated heterocycles. The average molecular weight is 886 g/mol. The molecule has 68 heavy (non-hydrogen) atoms. The topological polar surface area (TPSA) is 3.24 Å². The zero-order valence-corrected chi connectivity index (χ0v) is 38.9. The molecule has 2 heterocycles. The number of hydrogen-bond acceptors (Lipinski definition) is 2. The second kappa shape index (κ2) is 14.9. The second-order valence-electron chi connectivity index (χ2n) is 19.5. The Balaban J connectivity index is 0.954. The summed E-state index contributed by atoms with van der Waals surface area (Å²) in [5.41, 5.74) is 23.0. The van der Waals surface area contributed by atoms with Gasteiger partial charge in [0.25, 0.3) is 0 Å². The van der Waals surface area contributed by atoms with E-state index in [9.17, 15) is 0 Å². The lowest BCUT2D eigenvalue weighted by Gasteiger charge is -2.45. The van der Waals surface area contributed by atoms with E-state index in [0.717, 1.165) is 12.1 Å². The minimum atomic E-state index is -0.526. The molecule has 1 aromatic heterocycles. The maximum absolute atomic E-state index is 2.61. The van der Waals surface area contributed by atoms with Crippen LogP contribution < -0.4 is 4.90 Å². The van der Waals surface area contributed by atoms with Gasteiger partial charge in [-0.05, 0) is 120 Å². The highest BCUT2D eigenvalue weighted by Gasteiger charge is 2.52. The van der Waals surface area contributed by atoms with E-state index in [1.807, 2.05) is 11.3 Å². The quantitative estimate of drug-likeness (QED) is 0.161. The van der Waals surface area contributed by atoms with Crippen LogP contribution in [0.4, 0.5) is 17.1 Å². The fraction of sp³-hybridized carbons (Fsp3) is 0.0909. The summed E-state index contributed by atoms with van der Waals surface area (Å²) in [5.74, 6) is 0.0950. The lowest BCUT2D eigenvalue weighted by Crippen LogP contribution is -2.36. The summed E-state index contributed by atoms with van der Waals surface area (Å²) in [6.45, 7) is 4.80. The second-order valence-corrected chi connectivity index (χ2v) is 20.6. The van der Waals surface area contributed by atoms with Crippen molar-refractivity contribution in [1.82, 2.24) is 0 Å². The Labute approximate surface area is 402 Å². The van der Waals surface area contributed by atoms with Gasteiger partial charge in [0.05, 0.1) is 16.8 Å². The van der Waals surface area contributed by atoms with Crippen molar-refractivity contribution in [3.8, 4) is 33.4 Å². The van der Waals surface area contributed by atoms with Crippen LogP contribution in [0.25, 0.3) is 53.6 Å². The molecule has 0 amide bonds. The third-order valence-corrected chi connectivity index (χ3v) is 16.9. The standard InChI is InChI=1S/C66H47NS/c1-65(2)55-24-9-6-19-48(55)50-37-35-44(40-59(50)65)54(39-42-31-33-43(34-32-42)47-22-16-23-53-52-21-8-15-30-63(52)68-64(47)53)45-36-38-51-49-20-7-10-25-56(49)66(60(51)41-45)57-26-11-13-28-61(57)67(46-17-4-3-5-18-46)62-29-14-12-27-58(62)66/h3-38,40-41,54H,39H2,1-2H3. The number of benzene rings is 10. The van der Waals surface area contributed by atoms with E-state index >= 15 is 0 Å². The fourth-order valence-electron chi connectivity index (χ4n) is 12.6. The van der Waals surface area contributed by atoms with E-state index < -0.39 is 5.41 Å². The van der Waals surface area contributed by atoms with E-state index in [2.05, 4.69) is 249 Å². The smallest absolute Gasteiger partial charge is 0.0754 e. The highest BCUT2D eigenvalue weighted by Crippen LogP contribution is 2.64. The minimum absolute atomic E-state index is 0.0950. The summed E-state index contributed by atoms with van der Waals surface area (Å²) in [5, 5.41) is 2.67. The molecule has 1 aliphatic heterocycles. The average Bonchev–Trinajstić information content (AvgIpc) is 4.00. The van der Waals surface area contributed by atoms with Gasteiger partial charge in [0.1, 0.15) is 0 Å². The normalized spacial score (nSPS) is 14.8. The molecule has 3 aliphatic rings. The molecule has 0 saturated carbocycles. The van der Waals surface area contributed by atoms with Gasteiger partial charge in [0.2, 0.25) is 0 Å². The first-order chi connectivity index (χ1) is 33.5. The zero-order valence-electron chi connectivity index (χ0n) is 38.1. The van der Waals surface area contributed by atoms with E-state index in [0.29, 0.717) is 0 Å². The van der Waals surface area contributed by atoms with Crippen LogP contribution in [-0.4, -0.2) is 0 Å².